The van der Waals surface area contributed by atoms with Crippen LogP contribution >= 0.6 is 0 Å². The number of hydrogen-bond donors (Lipinski definition) is 1. The fourth-order valence-corrected chi connectivity index (χ4v) is 2.48. The molecule has 1 atom stereocenters. The molecular formula is C16H24N4. The molecule has 1 unspecified atom stereocenters. The van der Waals surface area contributed by atoms with E-state index < -0.39 is 0 Å². The minimum atomic E-state index is 0.0606. The molecule has 0 fully saturated rings. The normalized spacial score (nSPS) is 12.6. The summed E-state index contributed by atoms with van der Waals surface area (Å²) >= 11 is 0. The van der Waals surface area contributed by atoms with E-state index in [4.69, 9.17) is 0 Å². The van der Waals surface area contributed by atoms with Crippen LogP contribution in [-0.4, -0.2) is 21.1 Å². The highest BCUT2D eigenvalue weighted by Crippen LogP contribution is 2.22. The van der Waals surface area contributed by atoms with Crippen molar-refractivity contribution in [2.24, 2.45) is 0 Å². The van der Waals surface area contributed by atoms with Crippen LogP contribution in [0, 0.1) is 13.8 Å². The molecule has 2 aromatic rings. The average Bonchev–Trinajstić information content (AvgIpc) is 2.89. The lowest BCUT2D eigenvalue weighted by Crippen LogP contribution is -2.27. The standard InChI is InChI=1S/C16H24N4/c1-5-7-17-15(16-18-8-9-20(16)6-2)14-13(4)10-12(3)11-19-14/h8-11,15,17H,5-7H2,1-4H3. The summed E-state index contributed by atoms with van der Waals surface area (Å²) in [5.74, 6) is 1.04. The third-order valence-electron chi connectivity index (χ3n) is 3.47. The fourth-order valence-electron chi connectivity index (χ4n) is 2.48. The van der Waals surface area contributed by atoms with Gasteiger partial charge in [0, 0.05) is 25.1 Å². The summed E-state index contributed by atoms with van der Waals surface area (Å²) in [6.45, 7) is 10.4. The lowest BCUT2D eigenvalue weighted by molar-refractivity contribution is 0.530. The van der Waals surface area contributed by atoms with Gasteiger partial charge in [0.2, 0.25) is 0 Å². The molecule has 0 amide bonds. The highest BCUT2D eigenvalue weighted by molar-refractivity contribution is 5.29. The van der Waals surface area contributed by atoms with Gasteiger partial charge < -0.3 is 9.88 Å². The van der Waals surface area contributed by atoms with Crippen molar-refractivity contribution in [2.45, 2.75) is 46.7 Å². The van der Waals surface area contributed by atoms with Gasteiger partial charge in [0.05, 0.1) is 5.69 Å². The SMILES string of the molecule is CCCNC(c1ncc(C)cc1C)c1nccn1CC. The zero-order valence-corrected chi connectivity index (χ0v) is 12.8. The third kappa shape index (κ3) is 3.07. The fraction of sp³-hybridized carbons (Fsp3) is 0.500. The van der Waals surface area contributed by atoms with Crippen molar-refractivity contribution in [3.05, 3.63) is 47.3 Å². The molecule has 4 heteroatoms. The Kier molecular flexibility index (Phi) is 4.90. The molecule has 0 radical (unpaired) electrons. The highest BCUT2D eigenvalue weighted by atomic mass is 15.1. The van der Waals surface area contributed by atoms with Crippen molar-refractivity contribution in [2.75, 3.05) is 6.54 Å². The number of rotatable bonds is 6. The molecule has 1 N–H and O–H groups in total. The summed E-state index contributed by atoms with van der Waals surface area (Å²) in [5, 5.41) is 3.58. The first-order valence-corrected chi connectivity index (χ1v) is 7.34. The van der Waals surface area contributed by atoms with Crippen LogP contribution in [0.5, 0.6) is 0 Å². The van der Waals surface area contributed by atoms with Gasteiger partial charge in [-0.05, 0) is 44.9 Å². The Morgan fingerprint density at radius 2 is 2.05 bits per heavy atom. The Balaban J connectivity index is 2.41. The van der Waals surface area contributed by atoms with E-state index in [2.05, 4.69) is 53.6 Å². The summed E-state index contributed by atoms with van der Waals surface area (Å²) < 4.78 is 2.17. The van der Waals surface area contributed by atoms with E-state index in [1.165, 1.54) is 11.1 Å². The molecule has 2 aromatic heterocycles. The second-order valence-electron chi connectivity index (χ2n) is 5.17. The Labute approximate surface area is 121 Å². The van der Waals surface area contributed by atoms with Crippen LogP contribution in [0.3, 0.4) is 0 Å². The number of nitrogens with zero attached hydrogens (tertiary/aromatic N) is 3. The van der Waals surface area contributed by atoms with Gasteiger partial charge in [0.25, 0.3) is 0 Å². The number of pyridine rings is 1. The summed E-state index contributed by atoms with van der Waals surface area (Å²) in [6.07, 6.45) is 6.92. The van der Waals surface area contributed by atoms with Crippen LogP contribution in [0.25, 0.3) is 0 Å². The zero-order chi connectivity index (χ0) is 14.5. The molecule has 0 saturated carbocycles. The van der Waals surface area contributed by atoms with Gasteiger partial charge >= 0.3 is 0 Å². The van der Waals surface area contributed by atoms with Crippen LogP contribution in [0.4, 0.5) is 0 Å². The molecule has 0 aliphatic rings. The molecule has 4 nitrogen and oxygen atoms in total. The lowest BCUT2D eigenvalue weighted by atomic mass is 10.1. The minimum absolute atomic E-state index is 0.0606. The summed E-state index contributed by atoms with van der Waals surface area (Å²) in [5.41, 5.74) is 3.48. The first-order chi connectivity index (χ1) is 9.67. The zero-order valence-electron chi connectivity index (χ0n) is 12.8. The van der Waals surface area contributed by atoms with Crippen LogP contribution < -0.4 is 5.32 Å². The topological polar surface area (TPSA) is 42.7 Å². The van der Waals surface area contributed by atoms with Gasteiger partial charge in [-0.3, -0.25) is 4.98 Å². The Hall–Kier alpha value is -1.68. The first kappa shape index (κ1) is 14.7. The third-order valence-corrected chi connectivity index (χ3v) is 3.47. The van der Waals surface area contributed by atoms with Crippen LogP contribution in [0.15, 0.2) is 24.7 Å². The molecule has 0 spiro atoms. The molecule has 108 valence electrons. The minimum Gasteiger partial charge on any atom is -0.334 e. The molecule has 0 saturated heterocycles. The van der Waals surface area contributed by atoms with Crippen molar-refractivity contribution < 1.29 is 0 Å². The van der Waals surface area contributed by atoms with Gasteiger partial charge in [-0.15, -0.1) is 0 Å². The van der Waals surface area contributed by atoms with E-state index in [9.17, 15) is 0 Å². The Bertz CT molecular complexity index is 559. The summed E-state index contributed by atoms with van der Waals surface area (Å²) in [6, 6.07) is 2.24. The van der Waals surface area contributed by atoms with Crippen LogP contribution in [0.1, 0.15) is 49.0 Å². The predicted molar refractivity (Wildman–Crippen MR) is 81.7 cm³/mol. The summed E-state index contributed by atoms with van der Waals surface area (Å²) in [7, 11) is 0. The van der Waals surface area contributed by atoms with E-state index in [1.54, 1.807) is 0 Å². The van der Waals surface area contributed by atoms with E-state index >= 15 is 0 Å². The van der Waals surface area contributed by atoms with Gasteiger partial charge in [0.1, 0.15) is 11.9 Å². The average molecular weight is 272 g/mol. The molecular weight excluding hydrogens is 248 g/mol. The molecule has 0 aromatic carbocycles. The first-order valence-electron chi connectivity index (χ1n) is 7.34. The molecule has 0 aliphatic carbocycles. The molecule has 2 rings (SSSR count). The van der Waals surface area contributed by atoms with E-state index in [0.29, 0.717) is 0 Å². The number of aromatic nitrogens is 3. The quantitative estimate of drug-likeness (QED) is 0.879. The molecule has 2 heterocycles. The lowest BCUT2D eigenvalue weighted by Gasteiger charge is -2.20. The van der Waals surface area contributed by atoms with Crippen molar-refractivity contribution in [3.63, 3.8) is 0 Å². The van der Waals surface area contributed by atoms with Crippen LogP contribution in [-0.2, 0) is 6.54 Å². The van der Waals surface area contributed by atoms with Crippen molar-refractivity contribution in [1.82, 2.24) is 19.9 Å². The second kappa shape index (κ2) is 6.66. The Morgan fingerprint density at radius 3 is 2.70 bits per heavy atom. The number of aryl methyl sites for hydroxylation is 3. The summed E-state index contributed by atoms with van der Waals surface area (Å²) in [4.78, 5) is 9.19. The monoisotopic (exact) mass is 272 g/mol. The largest absolute Gasteiger partial charge is 0.334 e. The second-order valence-corrected chi connectivity index (χ2v) is 5.17. The number of nitrogens with one attached hydrogen (secondary N) is 1. The molecule has 20 heavy (non-hydrogen) atoms. The Morgan fingerprint density at radius 1 is 1.25 bits per heavy atom. The van der Waals surface area contributed by atoms with Crippen LogP contribution in [0.2, 0.25) is 0 Å². The smallest absolute Gasteiger partial charge is 0.132 e. The van der Waals surface area contributed by atoms with Crippen molar-refractivity contribution in [1.29, 1.82) is 0 Å². The number of hydrogen-bond acceptors (Lipinski definition) is 3. The van der Waals surface area contributed by atoms with Gasteiger partial charge in [-0.25, -0.2) is 4.98 Å². The maximum atomic E-state index is 4.65. The maximum absolute atomic E-state index is 4.65. The highest BCUT2D eigenvalue weighted by Gasteiger charge is 2.21. The van der Waals surface area contributed by atoms with Crippen molar-refractivity contribution >= 4 is 0 Å². The van der Waals surface area contributed by atoms with E-state index in [1.807, 2.05) is 18.6 Å². The maximum Gasteiger partial charge on any atom is 0.132 e. The van der Waals surface area contributed by atoms with Gasteiger partial charge in [-0.1, -0.05) is 13.0 Å². The van der Waals surface area contributed by atoms with Crippen molar-refractivity contribution in [3.8, 4) is 0 Å². The van der Waals surface area contributed by atoms with E-state index in [-0.39, 0.29) is 6.04 Å². The molecule has 0 bridgehead atoms. The molecule has 0 aliphatic heterocycles. The van der Waals surface area contributed by atoms with Gasteiger partial charge in [0.15, 0.2) is 0 Å². The van der Waals surface area contributed by atoms with E-state index in [0.717, 1.165) is 31.0 Å². The predicted octanol–water partition coefficient (Wildman–Crippen LogP) is 3.00. The van der Waals surface area contributed by atoms with Gasteiger partial charge in [-0.2, -0.15) is 0 Å². The number of imidazole rings is 1.